The molecule has 1 amide bonds. The smallest absolute Gasteiger partial charge is 0.235 e. The predicted octanol–water partition coefficient (Wildman–Crippen LogP) is 1.30. The highest BCUT2D eigenvalue weighted by Crippen LogP contribution is 2.40. The van der Waals surface area contributed by atoms with Gasteiger partial charge in [0, 0.05) is 25.6 Å². The van der Waals surface area contributed by atoms with Gasteiger partial charge in [0.1, 0.15) is 5.82 Å². The maximum Gasteiger partial charge on any atom is 0.235 e. The molecule has 1 saturated heterocycles. The third kappa shape index (κ3) is 3.61. The highest BCUT2D eigenvalue weighted by Gasteiger charge is 2.35. The lowest BCUT2D eigenvalue weighted by Gasteiger charge is -2.26. The zero-order valence-corrected chi connectivity index (χ0v) is 15.9. The van der Waals surface area contributed by atoms with E-state index in [0.717, 1.165) is 30.4 Å². The minimum atomic E-state index is -3.00. The number of rotatable bonds is 6. The Bertz CT molecular complexity index is 727. The van der Waals surface area contributed by atoms with Crippen molar-refractivity contribution in [2.45, 2.75) is 62.0 Å². The summed E-state index contributed by atoms with van der Waals surface area (Å²) in [5, 5.41) is 9.00. The summed E-state index contributed by atoms with van der Waals surface area (Å²) in [4.78, 5) is 14.2. The molecule has 1 saturated carbocycles. The molecule has 0 aromatic carbocycles. The SMILES string of the molecule is CCn1c(S[C@H](C)C(=O)N(C)[C@H]2CCS(=O)(=O)C2)nnc1C1CC1. The van der Waals surface area contributed by atoms with Gasteiger partial charge in [0.2, 0.25) is 5.91 Å². The second kappa shape index (κ2) is 6.67. The Labute approximate surface area is 147 Å². The Morgan fingerprint density at radius 1 is 1.38 bits per heavy atom. The summed E-state index contributed by atoms with van der Waals surface area (Å²) in [5.41, 5.74) is 0. The highest BCUT2D eigenvalue weighted by atomic mass is 32.2. The predicted molar refractivity (Wildman–Crippen MR) is 92.8 cm³/mol. The van der Waals surface area contributed by atoms with Crippen molar-refractivity contribution >= 4 is 27.5 Å². The molecule has 2 heterocycles. The zero-order chi connectivity index (χ0) is 17.5. The van der Waals surface area contributed by atoms with Crippen LogP contribution < -0.4 is 0 Å². The van der Waals surface area contributed by atoms with Crippen LogP contribution in [0.25, 0.3) is 0 Å². The standard InChI is InChI=1S/C15H24N4O3S2/c1-4-19-13(11-5-6-11)16-17-15(19)23-10(2)14(20)18(3)12-7-8-24(21,22)9-12/h10-12H,4-9H2,1-3H3/t10-,12+/m1/s1. The van der Waals surface area contributed by atoms with Crippen LogP contribution in [0.5, 0.6) is 0 Å². The molecular weight excluding hydrogens is 348 g/mol. The van der Waals surface area contributed by atoms with Gasteiger partial charge in [-0.15, -0.1) is 10.2 Å². The lowest BCUT2D eigenvalue weighted by Crippen LogP contribution is -2.41. The molecule has 1 aromatic heterocycles. The second-order valence-corrected chi connectivity index (χ2v) is 10.2. The maximum absolute atomic E-state index is 12.7. The van der Waals surface area contributed by atoms with E-state index in [1.807, 2.05) is 6.92 Å². The summed E-state index contributed by atoms with van der Waals surface area (Å²) >= 11 is 1.40. The number of sulfone groups is 1. The van der Waals surface area contributed by atoms with Crippen molar-refractivity contribution in [2.24, 2.45) is 0 Å². The van der Waals surface area contributed by atoms with E-state index in [-0.39, 0.29) is 28.7 Å². The molecule has 1 aromatic rings. The monoisotopic (exact) mass is 372 g/mol. The summed E-state index contributed by atoms with van der Waals surface area (Å²) in [7, 11) is -1.30. The van der Waals surface area contributed by atoms with E-state index in [0.29, 0.717) is 12.3 Å². The van der Waals surface area contributed by atoms with Crippen molar-refractivity contribution in [3.8, 4) is 0 Å². The number of carbonyl (C=O) groups is 1. The second-order valence-electron chi connectivity index (χ2n) is 6.63. The van der Waals surface area contributed by atoms with Gasteiger partial charge in [-0.3, -0.25) is 4.79 Å². The van der Waals surface area contributed by atoms with Gasteiger partial charge in [-0.25, -0.2) is 8.42 Å². The summed E-state index contributed by atoms with van der Waals surface area (Å²) in [6.45, 7) is 4.69. The molecular formula is C15H24N4O3S2. The third-order valence-corrected chi connectivity index (χ3v) is 7.56. The topological polar surface area (TPSA) is 85.2 Å². The van der Waals surface area contributed by atoms with Crippen LogP contribution in [0.4, 0.5) is 0 Å². The Kier molecular flexibility index (Phi) is 4.92. The molecule has 2 atom stereocenters. The molecule has 7 nitrogen and oxygen atoms in total. The van der Waals surface area contributed by atoms with E-state index in [2.05, 4.69) is 21.7 Å². The quantitative estimate of drug-likeness (QED) is 0.700. The molecule has 3 rings (SSSR count). The Hall–Kier alpha value is -1.09. The zero-order valence-electron chi connectivity index (χ0n) is 14.3. The summed E-state index contributed by atoms with van der Waals surface area (Å²) in [6.07, 6.45) is 2.85. The fourth-order valence-electron chi connectivity index (χ4n) is 3.08. The maximum atomic E-state index is 12.7. The first-order chi connectivity index (χ1) is 11.3. The van der Waals surface area contributed by atoms with Gasteiger partial charge >= 0.3 is 0 Å². The van der Waals surface area contributed by atoms with Gasteiger partial charge in [0.25, 0.3) is 0 Å². The van der Waals surface area contributed by atoms with E-state index in [9.17, 15) is 13.2 Å². The van der Waals surface area contributed by atoms with Crippen LogP contribution in [0.15, 0.2) is 5.16 Å². The number of carbonyl (C=O) groups excluding carboxylic acids is 1. The minimum absolute atomic E-state index is 0.0549. The van der Waals surface area contributed by atoms with E-state index >= 15 is 0 Å². The summed E-state index contributed by atoms with van der Waals surface area (Å²) < 4.78 is 25.3. The van der Waals surface area contributed by atoms with Gasteiger partial charge in [-0.1, -0.05) is 11.8 Å². The average molecular weight is 373 g/mol. The van der Waals surface area contributed by atoms with Gasteiger partial charge in [0.15, 0.2) is 15.0 Å². The average Bonchev–Trinajstić information content (AvgIpc) is 3.21. The number of hydrogen-bond acceptors (Lipinski definition) is 6. The highest BCUT2D eigenvalue weighted by molar-refractivity contribution is 8.00. The largest absolute Gasteiger partial charge is 0.341 e. The molecule has 0 N–H and O–H groups in total. The lowest BCUT2D eigenvalue weighted by molar-refractivity contribution is -0.130. The van der Waals surface area contributed by atoms with Crippen molar-refractivity contribution < 1.29 is 13.2 Å². The van der Waals surface area contributed by atoms with Gasteiger partial charge in [-0.05, 0) is 33.1 Å². The van der Waals surface area contributed by atoms with Crippen LogP contribution in [-0.2, 0) is 21.2 Å². The summed E-state index contributed by atoms with van der Waals surface area (Å²) in [6, 6.07) is -0.211. The Morgan fingerprint density at radius 2 is 2.08 bits per heavy atom. The van der Waals surface area contributed by atoms with Gasteiger partial charge < -0.3 is 9.47 Å². The lowest BCUT2D eigenvalue weighted by atomic mass is 10.2. The molecule has 0 spiro atoms. The van der Waals surface area contributed by atoms with E-state index in [4.69, 9.17) is 0 Å². The van der Waals surface area contributed by atoms with Crippen LogP contribution in [0.1, 0.15) is 44.9 Å². The fourth-order valence-corrected chi connectivity index (χ4v) is 5.88. The first-order valence-electron chi connectivity index (χ1n) is 8.39. The first kappa shape index (κ1) is 17.7. The third-order valence-electron chi connectivity index (χ3n) is 4.74. The normalized spacial score (nSPS) is 24.0. The molecule has 0 unspecified atom stereocenters. The van der Waals surface area contributed by atoms with Crippen LogP contribution in [0.2, 0.25) is 0 Å². The van der Waals surface area contributed by atoms with Crippen molar-refractivity contribution in [1.29, 1.82) is 0 Å². The molecule has 0 radical (unpaired) electrons. The van der Waals surface area contributed by atoms with Gasteiger partial charge in [0.05, 0.1) is 16.8 Å². The number of amides is 1. The number of nitrogens with zero attached hydrogens (tertiary/aromatic N) is 4. The van der Waals surface area contributed by atoms with E-state index < -0.39 is 9.84 Å². The summed E-state index contributed by atoms with van der Waals surface area (Å²) in [5.74, 6) is 1.73. The molecule has 1 aliphatic heterocycles. The van der Waals surface area contributed by atoms with Crippen molar-refractivity contribution in [2.75, 3.05) is 18.6 Å². The van der Waals surface area contributed by atoms with E-state index in [1.165, 1.54) is 11.8 Å². The molecule has 9 heteroatoms. The van der Waals surface area contributed by atoms with Crippen LogP contribution in [0.3, 0.4) is 0 Å². The molecule has 134 valence electrons. The Morgan fingerprint density at radius 3 is 2.62 bits per heavy atom. The molecule has 24 heavy (non-hydrogen) atoms. The van der Waals surface area contributed by atoms with E-state index in [1.54, 1.807) is 11.9 Å². The van der Waals surface area contributed by atoms with Gasteiger partial charge in [-0.2, -0.15) is 0 Å². The first-order valence-corrected chi connectivity index (χ1v) is 11.1. The van der Waals surface area contributed by atoms with Crippen molar-refractivity contribution in [3.63, 3.8) is 0 Å². The van der Waals surface area contributed by atoms with Crippen LogP contribution in [0, 0.1) is 0 Å². The molecule has 2 fully saturated rings. The molecule has 0 bridgehead atoms. The minimum Gasteiger partial charge on any atom is -0.341 e. The fraction of sp³-hybridized carbons (Fsp3) is 0.800. The van der Waals surface area contributed by atoms with Crippen molar-refractivity contribution in [3.05, 3.63) is 5.82 Å². The number of thioether (sulfide) groups is 1. The van der Waals surface area contributed by atoms with Crippen molar-refractivity contribution in [1.82, 2.24) is 19.7 Å². The molecule has 2 aliphatic rings. The Balaban J connectivity index is 1.66. The number of hydrogen-bond donors (Lipinski definition) is 0. The number of aromatic nitrogens is 3. The molecule has 1 aliphatic carbocycles. The van der Waals surface area contributed by atoms with Crippen LogP contribution in [-0.4, -0.2) is 63.8 Å². The van der Waals surface area contributed by atoms with Crippen LogP contribution >= 0.6 is 11.8 Å².